The van der Waals surface area contributed by atoms with Crippen molar-refractivity contribution < 1.29 is 47.5 Å². The highest BCUT2D eigenvalue weighted by Gasteiger charge is 2.32. The fraction of sp³-hybridized carbons (Fsp3) is 0.926. The number of methoxy groups -OCH3 is 1. The van der Waals surface area contributed by atoms with Crippen molar-refractivity contribution in [2.45, 2.75) is 39.2 Å². The zero-order chi connectivity index (χ0) is 28.8. The zero-order valence-electron chi connectivity index (χ0n) is 24.8. The van der Waals surface area contributed by atoms with E-state index in [-0.39, 0.29) is 17.9 Å². The zero-order valence-corrected chi connectivity index (χ0v) is 24.8. The number of ether oxygens (including phenoxy) is 8. The number of carbonyl (C=O) groups excluding carboxylic acids is 2. The largest absolute Gasteiger partial charge is 0.444 e. The predicted octanol–water partition coefficient (Wildman–Crippen LogP) is 1.84. The van der Waals surface area contributed by atoms with Gasteiger partial charge in [-0.3, -0.25) is 4.79 Å². The Kier molecular flexibility index (Phi) is 20.2. The molecule has 0 aromatic carbocycles. The van der Waals surface area contributed by atoms with E-state index in [1.165, 1.54) is 0 Å². The van der Waals surface area contributed by atoms with Gasteiger partial charge in [-0.05, 0) is 33.6 Å². The van der Waals surface area contributed by atoms with E-state index >= 15 is 0 Å². The van der Waals surface area contributed by atoms with Crippen LogP contribution in [0.1, 0.15) is 33.6 Å². The first kappa shape index (κ1) is 35.5. The van der Waals surface area contributed by atoms with Crippen molar-refractivity contribution in [2.24, 2.45) is 5.92 Å². The van der Waals surface area contributed by atoms with Gasteiger partial charge in [-0.25, -0.2) is 4.79 Å². The van der Waals surface area contributed by atoms with Crippen molar-refractivity contribution >= 4 is 12.0 Å². The summed E-state index contributed by atoms with van der Waals surface area (Å²) in [6.45, 7) is 13.6. The molecule has 0 aromatic rings. The summed E-state index contributed by atoms with van der Waals surface area (Å²) < 4.78 is 43.0. The van der Waals surface area contributed by atoms with E-state index in [4.69, 9.17) is 37.9 Å². The average Bonchev–Trinajstić information content (AvgIpc) is 2.90. The summed E-state index contributed by atoms with van der Waals surface area (Å²) >= 11 is 0. The maximum atomic E-state index is 12.8. The van der Waals surface area contributed by atoms with Gasteiger partial charge >= 0.3 is 6.09 Å². The number of rotatable bonds is 22. The van der Waals surface area contributed by atoms with E-state index < -0.39 is 5.60 Å². The Labute approximate surface area is 234 Å². The molecule has 0 bridgehead atoms. The van der Waals surface area contributed by atoms with Crippen LogP contribution in [-0.4, -0.2) is 147 Å². The number of carbonyl (C=O) groups is 2. The number of likely N-dealkylation sites (tertiary alicyclic amines) is 1. The van der Waals surface area contributed by atoms with Crippen LogP contribution in [0.5, 0.6) is 0 Å². The molecule has 1 fully saturated rings. The van der Waals surface area contributed by atoms with Crippen molar-refractivity contribution in [1.82, 2.24) is 9.80 Å². The van der Waals surface area contributed by atoms with Crippen LogP contribution in [0.25, 0.3) is 0 Å². The molecule has 12 nitrogen and oxygen atoms in total. The summed E-state index contributed by atoms with van der Waals surface area (Å²) in [7, 11) is 3.41. The number of nitrogens with zero attached hydrogens (tertiary/aromatic N) is 2. The molecule has 1 atom stereocenters. The van der Waals surface area contributed by atoms with Crippen LogP contribution >= 0.6 is 0 Å². The Morgan fingerprint density at radius 1 is 0.744 bits per heavy atom. The second-order valence-electron chi connectivity index (χ2n) is 10.2. The molecule has 1 aliphatic heterocycles. The lowest BCUT2D eigenvalue weighted by Crippen LogP contribution is -2.47. The summed E-state index contributed by atoms with van der Waals surface area (Å²) in [6, 6.07) is 0. The lowest BCUT2D eigenvalue weighted by atomic mass is 9.97. The van der Waals surface area contributed by atoms with Gasteiger partial charge in [0.1, 0.15) is 5.60 Å². The van der Waals surface area contributed by atoms with Gasteiger partial charge in [0.2, 0.25) is 5.91 Å². The van der Waals surface area contributed by atoms with Crippen LogP contribution in [0.15, 0.2) is 0 Å². The van der Waals surface area contributed by atoms with Crippen molar-refractivity contribution in [2.75, 3.05) is 120 Å². The van der Waals surface area contributed by atoms with Crippen LogP contribution in [0, 0.1) is 5.92 Å². The van der Waals surface area contributed by atoms with Gasteiger partial charge < -0.3 is 47.7 Å². The SMILES string of the molecule is COCCOCCOCCOCCOCCOCCOCCN(C)C(=O)C1CCCN(C(=O)OC(C)(C)C)C1. The van der Waals surface area contributed by atoms with Gasteiger partial charge in [-0.2, -0.15) is 0 Å². The topological polar surface area (TPSA) is 114 Å². The summed E-state index contributed by atoms with van der Waals surface area (Å²) in [5, 5.41) is 0. The Bertz CT molecular complexity index is 632. The van der Waals surface area contributed by atoms with Gasteiger partial charge in [0, 0.05) is 33.8 Å². The Balaban J connectivity index is 1.92. The molecule has 0 aliphatic carbocycles. The Morgan fingerprint density at radius 3 is 1.62 bits per heavy atom. The van der Waals surface area contributed by atoms with Gasteiger partial charge in [0.15, 0.2) is 0 Å². The van der Waals surface area contributed by atoms with E-state index in [2.05, 4.69) is 0 Å². The molecular weight excluding hydrogens is 512 g/mol. The molecule has 0 N–H and O–H groups in total. The highest BCUT2D eigenvalue weighted by molar-refractivity contribution is 5.80. The van der Waals surface area contributed by atoms with E-state index in [1.807, 2.05) is 20.8 Å². The van der Waals surface area contributed by atoms with Crippen molar-refractivity contribution in [3.05, 3.63) is 0 Å². The lowest BCUT2D eigenvalue weighted by Gasteiger charge is -2.35. The summed E-state index contributed by atoms with van der Waals surface area (Å²) in [5.74, 6) is -0.185. The predicted molar refractivity (Wildman–Crippen MR) is 145 cm³/mol. The summed E-state index contributed by atoms with van der Waals surface area (Å²) in [6.07, 6.45) is 1.20. The fourth-order valence-electron chi connectivity index (χ4n) is 3.64. The van der Waals surface area contributed by atoms with Crippen LogP contribution in [-0.2, 0) is 42.7 Å². The first-order valence-corrected chi connectivity index (χ1v) is 13.9. The van der Waals surface area contributed by atoms with Gasteiger partial charge in [-0.1, -0.05) is 0 Å². The first-order valence-electron chi connectivity index (χ1n) is 13.9. The standard InChI is InChI=1S/C27H52N2O10/c1-27(2,3)39-26(31)29-8-6-7-24(23-29)25(30)28(4)9-10-33-13-14-35-17-18-37-21-22-38-20-19-36-16-15-34-12-11-32-5/h24H,6-23H2,1-5H3. The minimum absolute atomic E-state index is 0.0279. The molecule has 1 heterocycles. The number of piperidine rings is 1. The van der Waals surface area contributed by atoms with Gasteiger partial charge in [0.05, 0.1) is 91.8 Å². The van der Waals surface area contributed by atoms with Crippen LogP contribution in [0.2, 0.25) is 0 Å². The van der Waals surface area contributed by atoms with E-state index in [9.17, 15) is 9.59 Å². The lowest BCUT2D eigenvalue weighted by molar-refractivity contribution is -0.136. The molecule has 1 aliphatic rings. The molecule has 0 aromatic heterocycles. The van der Waals surface area contributed by atoms with Crippen molar-refractivity contribution in [3.8, 4) is 0 Å². The molecule has 1 unspecified atom stereocenters. The average molecular weight is 565 g/mol. The van der Waals surface area contributed by atoms with Crippen molar-refractivity contribution in [1.29, 1.82) is 0 Å². The van der Waals surface area contributed by atoms with Crippen molar-refractivity contribution in [3.63, 3.8) is 0 Å². The third-order valence-electron chi connectivity index (χ3n) is 5.66. The number of amides is 2. The fourth-order valence-corrected chi connectivity index (χ4v) is 3.64. The molecule has 39 heavy (non-hydrogen) atoms. The normalized spacial score (nSPS) is 15.9. The highest BCUT2D eigenvalue weighted by atomic mass is 16.6. The maximum Gasteiger partial charge on any atom is 0.410 e. The molecule has 1 saturated heterocycles. The highest BCUT2D eigenvalue weighted by Crippen LogP contribution is 2.21. The quantitative estimate of drug-likeness (QED) is 0.180. The second kappa shape index (κ2) is 22.2. The smallest absolute Gasteiger partial charge is 0.410 e. The molecule has 230 valence electrons. The van der Waals surface area contributed by atoms with E-state index in [0.717, 1.165) is 12.8 Å². The third-order valence-corrected chi connectivity index (χ3v) is 5.66. The molecule has 1 rings (SSSR count). The Morgan fingerprint density at radius 2 is 1.18 bits per heavy atom. The number of hydrogen-bond donors (Lipinski definition) is 0. The second-order valence-corrected chi connectivity index (χ2v) is 10.2. The minimum Gasteiger partial charge on any atom is -0.444 e. The Hall–Kier alpha value is -1.54. The monoisotopic (exact) mass is 564 g/mol. The minimum atomic E-state index is -0.551. The molecule has 2 amide bonds. The van der Waals surface area contributed by atoms with E-state index in [0.29, 0.717) is 106 Å². The van der Waals surface area contributed by atoms with Crippen LogP contribution in [0.4, 0.5) is 4.79 Å². The molecule has 0 spiro atoms. The van der Waals surface area contributed by atoms with Gasteiger partial charge in [0.25, 0.3) is 0 Å². The molecule has 0 radical (unpaired) electrons. The number of likely N-dealkylation sites (N-methyl/N-ethyl adjacent to an activating group) is 1. The summed E-state index contributed by atoms with van der Waals surface area (Å²) in [4.78, 5) is 28.5. The summed E-state index contributed by atoms with van der Waals surface area (Å²) in [5.41, 5.74) is -0.551. The maximum absolute atomic E-state index is 12.8. The first-order chi connectivity index (χ1) is 18.7. The third kappa shape index (κ3) is 19.2. The van der Waals surface area contributed by atoms with Crippen LogP contribution < -0.4 is 0 Å². The number of hydrogen-bond acceptors (Lipinski definition) is 10. The van der Waals surface area contributed by atoms with Crippen LogP contribution in [0.3, 0.4) is 0 Å². The molecule has 12 heteroatoms. The van der Waals surface area contributed by atoms with E-state index in [1.54, 1.807) is 24.0 Å². The van der Waals surface area contributed by atoms with Gasteiger partial charge in [-0.15, -0.1) is 0 Å². The molecule has 0 saturated carbocycles. The molecular formula is C27H52N2O10.